The number of furan rings is 1. The largest absolute Gasteiger partial charge is 0.493 e. The van der Waals surface area contributed by atoms with Crippen molar-refractivity contribution >= 4 is 21.1 Å². The molecular weight excluding hydrogens is 444 g/mol. The Kier molecular flexibility index (Phi) is 6.01. The van der Waals surface area contributed by atoms with Crippen molar-refractivity contribution in [2.24, 2.45) is 0 Å². The summed E-state index contributed by atoms with van der Waals surface area (Å²) < 4.78 is 48.9. The lowest BCUT2D eigenvalue weighted by Gasteiger charge is -2.13. The molecule has 0 bridgehead atoms. The van der Waals surface area contributed by atoms with Crippen LogP contribution in [-0.4, -0.2) is 53.1 Å². The van der Waals surface area contributed by atoms with Gasteiger partial charge in [0.2, 0.25) is 15.8 Å². The summed E-state index contributed by atoms with van der Waals surface area (Å²) in [7, 11) is 4.08. The maximum absolute atomic E-state index is 12.6. The number of benzene rings is 2. The quantitative estimate of drug-likeness (QED) is 0.396. The van der Waals surface area contributed by atoms with Crippen LogP contribution < -0.4 is 14.2 Å². The van der Waals surface area contributed by atoms with Gasteiger partial charge in [0, 0.05) is 37.5 Å². The summed E-state index contributed by atoms with van der Waals surface area (Å²) in [6.07, 6.45) is 1.67. The topological polar surface area (TPSA) is 91.1 Å². The first-order valence-corrected chi connectivity index (χ1v) is 11.5. The second kappa shape index (κ2) is 8.76. The summed E-state index contributed by atoms with van der Waals surface area (Å²) in [5, 5.41) is 0. The summed E-state index contributed by atoms with van der Waals surface area (Å²) in [5.74, 6) is 2.04. The molecule has 172 valence electrons. The highest BCUT2D eigenvalue weighted by atomic mass is 32.2. The van der Waals surface area contributed by atoms with Gasteiger partial charge in [0.25, 0.3) is 0 Å². The summed E-state index contributed by atoms with van der Waals surface area (Å²) in [6.45, 7) is 0. The van der Waals surface area contributed by atoms with E-state index < -0.39 is 10.0 Å². The number of hydrogen-bond donors (Lipinski definition) is 0. The number of aromatic nitrogens is 1. The first-order chi connectivity index (χ1) is 15.8. The number of methoxy groups -OCH3 is 3. The van der Waals surface area contributed by atoms with E-state index in [1.54, 1.807) is 63.9 Å². The monoisotopic (exact) mass is 468 g/mol. The van der Waals surface area contributed by atoms with Gasteiger partial charge in [-0.15, -0.1) is 0 Å². The van der Waals surface area contributed by atoms with Gasteiger partial charge in [0.15, 0.2) is 17.1 Å². The highest BCUT2D eigenvalue weighted by Crippen LogP contribution is 2.43. The molecule has 0 atom stereocenters. The van der Waals surface area contributed by atoms with E-state index in [0.29, 0.717) is 39.7 Å². The normalized spacial score (nSPS) is 11.7. The molecule has 33 heavy (non-hydrogen) atoms. The highest BCUT2D eigenvalue weighted by molar-refractivity contribution is 7.89. The molecule has 0 spiro atoms. The van der Waals surface area contributed by atoms with E-state index in [4.69, 9.17) is 18.6 Å². The predicted molar refractivity (Wildman–Crippen MR) is 125 cm³/mol. The van der Waals surface area contributed by atoms with Gasteiger partial charge in [-0.3, -0.25) is 4.98 Å². The molecule has 2 heterocycles. The Bertz CT molecular complexity index is 1400. The van der Waals surface area contributed by atoms with Crippen LogP contribution >= 0.6 is 0 Å². The van der Waals surface area contributed by atoms with Crippen LogP contribution in [0.3, 0.4) is 0 Å². The first kappa shape index (κ1) is 22.6. The molecule has 9 heteroatoms. The van der Waals surface area contributed by atoms with Crippen LogP contribution in [-0.2, 0) is 10.0 Å². The van der Waals surface area contributed by atoms with Crippen LogP contribution in [0.1, 0.15) is 0 Å². The Balaban J connectivity index is 1.86. The molecule has 0 amide bonds. The van der Waals surface area contributed by atoms with E-state index in [9.17, 15) is 8.42 Å². The predicted octanol–water partition coefficient (Wildman–Crippen LogP) is 4.44. The van der Waals surface area contributed by atoms with Gasteiger partial charge in [-0.1, -0.05) is 12.1 Å². The van der Waals surface area contributed by atoms with Crippen LogP contribution in [0.4, 0.5) is 0 Å². The van der Waals surface area contributed by atoms with Gasteiger partial charge < -0.3 is 18.6 Å². The Morgan fingerprint density at radius 1 is 0.879 bits per heavy atom. The molecule has 4 rings (SSSR count). The molecule has 0 aliphatic carbocycles. The molecule has 0 fully saturated rings. The second-order valence-electron chi connectivity index (χ2n) is 7.41. The fourth-order valence-electron chi connectivity index (χ4n) is 3.57. The molecule has 0 radical (unpaired) electrons. The number of nitrogens with zero attached hydrogens (tertiary/aromatic N) is 2. The average Bonchev–Trinajstić information content (AvgIpc) is 3.27. The van der Waals surface area contributed by atoms with Crippen LogP contribution in [0, 0.1) is 0 Å². The summed E-state index contributed by atoms with van der Waals surface area (Å²) in [5.41, 5.74) is 3.33. The molecule has 0 saturated carbocycles. The third kappa shape index (κ3) is 4.01. The number of rotatable bonds is 7. The van der Waals surface area contributed by atoms with Crippen molar-refractivity contribution in [3.05, 3.63) is 54.7 Å². The lowest BCUT2D eigenvalue weighted by atomic mass is 10.1. The zero-order valence-corrected chi connectivity index (χ0v) is 19.8. The third-order valence-corrected chi connectivity index (χ3v) is 7.10. The van der Waals surface area contributed by atoms with Crippen LogP contribution in [0.5, 0.6) is 17.2 Å². The minimum Gasteiger partial charge on any atom is -0.493 e. The van der Waals surface area contributed by atoms with Crippen molar-refractivity contribution in [1.82, 2.24) is 9.29 Å². The third-order valence-electron chi connectivity index (χ3n) is 5.28. The van der Waals surface area contributed by atoms with E-state index in [1.807, 2.05) is 12.1 Å². The standard InChI is InChI=1S/C24H24N2O6S/c1-26(2)33(27,28)17-8-6-7-15(11-17)18-9-10-25-19-14-20(32-23(18)19)16-12-21(29-3)24(31-5)22(13-16)30-4/h6-14H,1-5H3. The number of ether oxygens (including phenoxy) is 3. The zero-order valence-electron chi connectivity index (χ0n) is 18.9. The minimum atomic E-state index is -3.57. The van der Waals surface area contributed by atoms with Crippen molar-refractivity contribution in [2.75, 3.05) is 35.4 Å². The van der Waals surface area contributed by atoms with E-state index in [2.05, 4.69) is 4.98 Å². The lowest BCUT2D eigenvalue weighted by molar-refractivity contribution is 0.324. The van der Waals surface area contributed by atoms with Crippen LogP contribution in [0.2, 0.25) is 0 Å². The van der Waals surface area contributed by atoms with Crippen molar-refractivity contribution in [3.8, 4) is 39.7 Å². The molecule has 8 nitrogen and oxygen atoms in total. The van der Waals surface area contributed by atoms with Crippen molar-refractivity contribution in [3.63, 3.8) is 0 Å². The minimum absolute atomic E-state index is 0.200. The zero-order chi connectivity index (χ0) is 23.8. The van der Waals surface area contributed by atoms with Crippen molar-refractivity contribution < 1.29 is 27.0 Å². The first-order valence-electron chi connectivity index (χ1n) is 10.0. The van der Waals surface area contributed by atoms with Gasteiger partial charge in [-0.25, -0.2) is 12.7 Å². The van der Waals surface area contributed by atoms with Gasteiger partial charge in [-0.05, 0) is 35.9 Å². The summed E-state index contributed by atoms with van der Waals surface area (Å²) >= 11 is 0. The molecule has 0 saturated heterocycles. The Labute approximate surface area is 192 Å². The van der Waals surface area contributed by atoms with Crippen LogP contribution in [0.15, 0.2) is 64.0 Å². The fourth-order valence-corrected chi connectivity index (χ4v) is 4.51. The van der Waals surface area contributed by atoms with Crippen molar-refractivity contribution in [2.45, 2.75) is 4.90 Å². The molecule has 2 aromatic heterocycles. The van der Waals surface area contributed by atoms with E-state index in [1.165, 1.54) is 18.4 Å². The average molecular weight is 469 g/mol. The van der Waals surface area contributed by atoms with E-state index in [0.717, 1.165) is 11.1 Å². The van der Waals surface area contributed by atoms with Crippen LogP contribution in [0.25, 0.3) is 33.6 Å². The number of fused-ring (bicyclic) bond motifs is 1. The molecule has 0 aliphatic heterocycles. The second-order valence-corrected chi connectivity index (χ2v) is 9.56. The number of pyridine rings is 1. The molecule has 4 aromatic rings. The Morgan fingerprint density at radius 2 is 1.58 bits per heavy atom. The Morgan fingerprint density at radius 3 is 2.18 bits per heavy atom. The molecule has 2 aromatic carbocycles. The number of sulfonamides is 1. The van der Waals surface area contributed by atoms with E-state index >= 15 is 0 Å². The smallest absolute Gasteiger partial charge is 0.242 e. The van der Waals surface area contributed by atoms with Gasteiger partial charge in [0.05, 0.1) is 26.2 Å². The van der Waals surface area contributed by atoms with Gasteiger partial charge in [0.1, 0.15) is 11.3 Å². The maximum atomic E-state index is 12.6. The maximum Gasteiger partial charge on any atom is 0.242 e. The lowest BCUT2D eigenvalue weighted by Crippen LogP contribution is -2.22. The Hall–Kier alpha value is -3.56. The highest BCUT2D eigenvalue weighted by Gasteiger charge is 2.20. The fraction of sp³-hybridized carbons (Fsp3) is 0.208. The van der Waals surface area contributed by atoms with E-state index in [-0.39, 0.29) is 4.90 Å². The number of hydrogen-bond acceptors (Lipinski definition) is 7. The van der Waals surface area contributed by atoms with Crippen molar-refractivity contribution in [1.29, 1.82) is 0 Å². The molecule has 0 unspecified atom stereocenters. The molecular formula is C24H24N2O6S. The molecule has 0 N–H and O–H groups in total. The molecule has 0 aliphatic rings. The van der Waals surface area contributed by atoms with Gasteiger partial charge in [-0.2, -0.15) is 0 Å². The summed E-state index contributed by atoms with van der Waals surface area (Å²) in [6, 6.07) is 14.0. The SMILES string of the molecule is COc1cc(-c2cc3nccc(-c4cccc(S(=O)(=O)N(C)C)c4)c3o2)cc(OC)c1OC. The van der Waals surface area contributed by atoms with Gasteiger partial charge >= 0.3 is 0 Å². The summed E-state index contributed by atoms with van der Waals surface area (Å²) in [4.78, 5) is 4.62.